The van der Waals surface area contributed by atoms with Crippen molar-refractivity contribution in [1.29, 1.82) is 0 Å². The standard InChI is InChI=1S/C17H26O3/c1-12(2)17(5,6)16(18)19-11-14-9-7-8-10-15(14)20-13(3)4/h7-10,12-13H,11H2,1-6H3. The fourth-order valence-electron chi connectivity index (χ4n) is 1.56. The number of rotatable bonds is 6. The summed E-state index contributed by atoms with van der Waals surface area (Å²) in [4.78, 5) is 12.2. The molecule has 0 N–H and O–H groups in total. The molecule has 112 valence electrons. The molecule has 0 fully saturated rings. The average molecular weight is 278 g/mol. The van der Waals surface area contributed by atoms with Gasteiger partial charge in [0, 0.05) is 5.56 Å². The normalized spacial score (nSPS) is 11.8. The molecule has 0 saturated carbocycles. The van der Waals surface area contributed by atoms with Gasteiger partial charge in [0.25, 0.3) is 0 Å². The highest BCUT2D eigenvalue weighted by atomic mass is 16.5. The predicted molar refractivity (Wildman–Crippen MR) is 80.6 cm³/mol. The van der Waals surface area contributed by atoms with Gasteiger partial charge in [-0.2, -0.15) is 0 Å². The lowest BCUT2D eigenvalue weighted by Gasteiger charge is -2.26. The molecular formula is C17H26O3. The van der Waals surface area contributed by atoms with E-state index in [0.29, 0.717) is 0 Å². The Balaban J connectivity index is 2.73. The number of benzene rings is 1. The Labute approximate surface area is 122 Å². The maximum Gasteiger partial charge on any atom is 0.312 e. The summed E-state index contributed by atoms with van der Waals surface area (Å²) in [6.45, 7) is 12.1. The van der Waals surface area contributed by atoms with Crippen LogP contribution in [0.25, 0.3) is 0 Å². The first-order chi connectivity index (χ1) is 9.25. The number of para-hydroxylation sites is 1. The summed E-state index contributed by atoms with van der Waals surface area (Å²) in [6, 6.07) is 7.66. The van der Waals surface area contributed by atoms with Crippen LogP contribution in [-0.4, -0.2) is 12.1 Å². The van der Waals surface area contributed by atoms with Crippen LogP contribution in [0.2, 0.25) is 0 Å². The molecule has 0 aliphatic heterocycles. The second-order valence-corrected chi connectivity index (χ2v) is 6.23. The van der Waals surface area contributed by atoms with Crippen molar-refractivity contribution in [2.24, 2.45) is 11.3 Å². The van der Waals surface area contributed by atoms with Crippen LogP contribution in [0.15, 0.2) is 24.3 Å². The van der Waals surface area contributed by atoms with E-state index in [9.17, 15) is 4.79 Å². The zero-order chi connectivity index (χ0) is 15.3. The van der Waals surface area contributed by atoms with Crippen molar-refractivity contribution in [3.8, 4) is 5.75 Å². The van der Waals surface area contributed by atoms with E-state index in [1.54, 1.807) is 0 Å². The van der Waals surface area contributed by atoms with Crippen LogP contribution in [0.4, 0.5) is 0 Å². The van der Waals surface area contributed by atoms with Gasteiger partial charge in [-0.15, -0.1) is 0 Å². The monoisotopic (exact) mass is 278 g/mol. The lowest BCUT2D eigenvalue weighted by Crippen LogP contribution is -2.31. The Morgan fingerprint density at radius 3 is 2.30 bits per heavy atom. The molecule has 0 aliphatic rings. The van der Waals surface area contributed by atoms with E-state index >= 15 is 0 Å². The minimum absolute atomic E-state index is 0.0963. The summed E-state index contributed by atoms with van der Waals surface area (Å²) in [5, 5.41) is 0. The average Bonchev–Trinajstić information content (AvgIpc) is 2.36. The molecule has 0 spiro atoms. The van der Waals surface area contributed by atoms with Crippen LogP contribution in [0.5, 0.6) is 5.75 Å². The topological polar surface area (TPSA) is 35.5 Å². The number of carbonyl (C=O) groups excluding carboxylic acids is 1. The summed E-state index contributed by atoms with van der Waals surface area (Å²) in [5.41, 5.74) is 0.419. The van der Waals surface area contributed by atoms with Crippen LogP contribution >= 0.6 is 0 Å². The molecule has 20 heavy (non-hydrogen) atoms. The van der Waals surface area contributed by atoms with Gasteiger partial charge in [0.2, 0.25) is 0 Å². The van der Waals surface area contributed by atoms with Crippen LogP contribution in [0, 0.1) is 11.3 Å². The van der Waals surface area contributed by atoms with Crippen molar-refractivity contribution >= 4 is 5.97 Å². The van der Waals surface area contributed by atoms with Gasteiger partial charge in [-0.1, -0.05) is 32.0 Å². The minimum Gasteiger partial charge on any atom is -0.491 e. The number of hydrogen-bond acceptors (Lipinski definition) is 3. The quantitative estimate of drug-likeness (QED) is 0.732. The third kappa shape index (κ3) is 4.26. The zero-order valence-electron chi connectivity index (χ0n) is 13.4. The first kappa shape index (κ1) is 16.5. The summed E-state index contributed by atoms with van der Waals surface area (Å²) in [6.07, 6.45) is 0.0963. The summed E-state index contributed by atoms with van der Waals surface area (Å²) >= 11 is 0. The molecule has 1 aromatic rings. The van der Waals surface area contributed by atoms with E-state index in [1.807, 2.05) is 65.8 Å². The second kappa shape index (κ2) is 6.78. The van der Waals surface area contributed by atoms with Crippen molar-refractivity contribution in [3.63, 3.8) is 0 Å². The highest BCUT2D eigenvalue weighted by Crippen LogP contribution is 2.29. The molecule has 0 bridgehead atoms. The Kier molecular flexibility index (Phi) is 5.61. The molecule has 0 amide bonds. The molecule has 0 heterocycles. The summed E-state index contributed by atoms with van der Waals surface area (Å²) < 4.78 is 11.2. The minimum atomic E-state index is -0.478. The first-order valence-corrected chi connectivity index (χ1v) is 7.17. The molecule has 1 rings (SSSR count). The van der Waals surface area contributed by atoms with Crippen LogP contribution < -0.4 is 4.74 Å². The van der Waals surface area contributed by atoms with E-state index in [4.69, 9.17) is 9.47 Å². The lowest BCUT2D eigenvalue weighted by molar-refractivity contribution is -0.157. The van der Waals surface area contributed by atoms with Gasteiger partial charge in [-0.05, 0) is 39.7 Å². The van der Waals surface area contributed by atoms with Crippen molar-refractivity contribution < 1.29 is 14.3 Å². The van der Waals surface area contributed by atoms with Crippen molar-refractivity contribution in [2.75, 3.05) is 0 Å². The van der Waals surface area contributed by atoms with Crippen molar-refractivity contribution in [1.82, 2.24) is 0 Å². The fourth-order valence-corrected chi connectivity index (χ4v) is 1.56. The molecular weight excluding hydrogens is 252 g/mol. The Bertz CT molecular complexity index is 447. The van der Waals surface area contributed by atoms with Gasteiger partial charge in [0.05, 0.1) is 11.5 Å². The van der Waals surface area contributed by atoms with E-state index < -0.39 is 5.41 Å². The molecule has 0 aliphatic carbocycles. The molecule has 0 saturated heterocycles. The zero-order valence-corrected chi connectivity index (χ0v) is 13.4. The summed E-state index contributed by atoms with van der Waals surface area (Å²) in [7, 11) is 0. The van der Waals surface area contributed by atoms with Crippen molar-refractivity contribution in [3.05, 3.63) is 29.8 Å². The molecule has 3 heteroatoms. The van der Waals surface area contributed by atoms with Gasteiger partial charge in [-0.25, -0.2) is 0 Å². The highest BCUT2D eigenvalue weighted by Gasteiger charge is 2.32. The number of esters is 1. The maximum atomic E-state index is 12.2. The number of hydrogen-bond donors (Lipinski definition) is 0. The Morgan fingerprint density at radius 2 is 1.75 bits per heavy atom. The van der Waals surface area contributed by atoms with E-state index in [1.165, 1.54) is 0 Å². The van der Waals surface area contributed by atoms with Gasteiger partial charge >= 0.3 is 5.97 Å². The largest absolute Gasteiger partial charge is 0.491 e. The summed E-state index contributed by atoms with van der Waals surface area (Å²) in [5.74, 6) is 0.835. The van der Waals surface area contributed by atoms with E-state index in [2.05, 4.69) is 0 Å². The van der Waals surface area contributed by atoms with Crippen LogP contribution in [0.1, 0.15) is 47.1 Å². The van der Waals surface area contributed by atoms with Crippen LogP contribution in [-0.2, 0) is 16.1 Å². The first-order valence-electron chi connectivity index (χ1n) is 7.17. The molecule has 1 aromatic carbocycles. The van der Waals surface area contributed by atoms with Gasteiger partial charge in [0.15, 0.2) is 0 Å². The second-order valence-electron chi connectivity index (χ2n) is 6.23. The third-order valence-electron chi connectivity index (χ3n) is 3.66. The number of carbonyl (C=O) groups is 1. The van der Waals surface area contributed by atoms with Gasteiger partial charge in [0.1, 0.15) is 12.4 Å². The van der Waals surface area contributed by atoms with Crippen molar-refractivity contribution in [2.45, 2.75) is 54.3 Å². The van der Waals surface area contributed by atoms with E-state index in [-0.39, 0.29) is 24.6 Å². The molecule has 0 aromatic heterocycles. The molecule has 0 unspecified atom stereocenters. The number of ether oxygens (including phenoxy) is 2. The Hall–Kier alpha value is -1.51. The smallest absolute Gasteiger partial charge is 0.312 e. The SMILES string of the molecule is CC(C)Oc1ccccc1COC(=O)C(C)(C)C(C)C. The molecule has 0 atom stereocenters. The molecule has 0 radical (unpaired) electrons. The Morgan fingerprint density at radius 1 is 1.15 bits per heavy atom. The van der Waals surface area contributed by atoms with Gasteiger partial charge < -0.3 is 9.47 Å². The highest BCUT2D eigenvalue weighted by molar-refractivity contribution is 5.76. The maximum absolute atomic E-state index is 12.2. The predicted octanol–water partition coefficient (Wildman–Crippen LogP) is 4.20. The van der Waals surface area contributed by atoms with E-state index in [0.717, 1.165) is 11.3 Å². The third-order valence-corrected chi connectivity index (χ3v) is 3.66. The molecule has 3 nitrogen and oxygen atoms in total. The van der Waals surface area contributed by atoms with Gasteiger partial charge in [-0.3, -0.25) is 4.79 Å². The fraction of sp³-hybridized carbons (Fsp3) is 0.588. The lowest BCUT2D eigenvalue weighted by atomic mass is 9.81. The van der Waals surface area contributed by atoms with Crippen LogP contribution in [0.3, 0.4) is 0 Å².